The molecule has 0 spiro atoms. The highest BCUT2D eigenvalue weighted by atomic mass is 16.6. The summed E-state index contributed by atoms with van der Waals surface area (Å²) >= 11 is 0. The van der Waals surface area contributed by atoms with Crippen LogP contribution in [0.2, 0.25) is 0 Å². The monoisotopic (exact) mass is 230 g/mol. The smallest absolute Gasteiger partial charge is 0.344 e. The lowest BCUT2D eigenvalue weighted by atomic mass is 9.95. The summed E-state index contributed by atoms with van der Waals surface area (Å²) in [4.78, 5) is 22.3. The van der Waals surface area contributed by atoms with Gasteiger partial charge in [0.05, 0.1) is 12.7 Å². The largest absolute Gasteiger partial charge is 0.466 e. The van der Waals surface area contributed by atoms with Crippen LogP contribution in [0.3, 0.4) is 0 Å². The summed E-state index contributed by atoms with van der Waals surface area (Å²) in [5.74, 6) is -1.05. The molecule has 92 valence electrons. The van der Waals surface area contributed by atoms with E-state index in [2.05, 4.69) is 4.74 Å². The fourth-order valence-corrected chi connectivity index (χ4v) is 1.66. The molecule has 1 rings (SSSR count). The number of hydrogen-bond acceptors (Lipinski definition) is 5. The molecule has 16 heavy (non-hydrogen) atoms. The highest BCUT2D eigenvalue weighted by molar-refractivity contribution is 5.79. The lowest BCUT2D eigenvalue weighted by molar-refractivity contribution is -0.179. The van der Waals surface area contributed by atoms with Gasteiger partial charge < -0.3 is 14.2 Å². The third kappa shape index (κ3) is 3.81. The molecule has 1 saturated heterocycles. The van der Waals surface area contributed by atoms with Gasteiger partial charge in [-0.2, -0.15) is 0 Å². The molecule has 0 radical (unpaired) electrons. The van der Waals surface area contributed by atoms with E-state index in [0.29, 0.717) is 6.42 Å². The molecule has 1 heterocycles. The Balaban J connectivity index is 2.39. The van der Waals surface area contributed by atoms with Gasteiger partial charge in [0.2, 0.25) is 0 Å². The fraction of sp³-hybridized carbons (Fsp3) is 0.818. The van der Waals surface area contributed by atoms with Crippen molar-refractivity contribution in [1.29, 1.82) is 0 Å². The van der Waals surface area contributed by atoms with Crippen LogP contribution in [0.4, 0.5) is 0 Å². The molecule has 1 aliphatic heterocycles. The van der Waals surface area contributed by atoms with E-state index < -0.39 is 18.0 Å². The van der Waals surface area contributed by atoms with Crippen LogP contribution in [0.5, 0.6) is 0 Å². The summed E-state index contributed by atoms with van der Waals surface area (Å²) in [6.07, 6.45) is 1.93. The molecular weight excluding hydrogens is 212 g/mol. The Hall–Kier alpha value is -1.10. The third-order valence-corrected chi connectivity index (χ3v) is 2.53. The van der Waals surface area contributed by atoms with Gasteiger partial charge in [-0.15, -0.1) is 0 Å². The Morgan fingerprint density at radius 2 is 2.12 bits per heavy atom. The number of rotatable bonds is 3. The van der Waals surface area contributed by atoms with Crippen LogP contribution in [0.15, 0.2) is 0 Å². The maximum Gasteiger partial charge on any atom is 0.344 e. The van der Waals surface area contributed by atoms with Gasteiger partial charge in [-0.1, -0.05) is 0 Å². The highest BCUT2D eigenvalue weighted by Gasteiger charge is 2.33. The van der Waals surface area contributed by atoms with E-state index in [1.54, 1.807) is 0 Å². The Labute approximate surface area is 95.0 Å². The number of ether oxygens (including phenoxy) is 3. The standard InChI is InChI=1S/C11H18O5/c1-11(2)6-4-5-8(16-11)10(13)15-7-9(12)14-3/h8H,4-7H2,1-3H3. The first-order valence-electron chi connectivity index (χ1n) is 5.36. The second-order valence-corrected chi connectivity index (χ2v) is 4.44. The first-order chi connectivity index (χ1) is 7.44. The molecular formula is C11H18O5. The van der Waals surface area contributed by atoms with Crippen molar-refractivity contribution < 1.29 is 23.8 Å². The lowest BCUT2D eigenvalue weighted by Gasteiger charge is -2.34. The van der Waals surface area contributed by atoms with Crippen molar-refractivity contribution in [3.63, 3.8) is 0 Å². The summed E-state index contributed by atoms with van der Waals surface area (Å²) in [7, 11) is 1.25. The van der Waals surface area contributed by atoms with Gasteiger partial charge in [0, 0.05) is 0 Å². The molecule has 1 aliphatic rings. The SMILES string of the molecule is COC(=O)COC(=O)C1CCCC(C)(C)O1. The topological polar surface area (TPSA) is 61.8 Å². The van der Waals surface area contributed by atoms with Crippen LogP contribution in [0.25, 0.3) is 0 Å². The highest BCUT2D eigenvalue weighted by Crippen LogP contribution is 2.28. The zero-order valence-corrected chi connectivity index (χ0v) is 9.95. The molecule has 0 bridgehead atoms. The van der Waals surface area contributed by atoms with Crippen molar-refractivity contribution in [2.24, 2.45) is 0 Å². The summed E-state index contributed by atoms with van der Waals surface area (Å²) in [6, 6.07) is 0. The molecule has 5 nitrogen and oxygen atoms in total. The van der Waals surface area contributed by atoms with Crippen LogP contribution < -0.4 is 0 Å². The zero-order valence-electron chi connectivity index (χ0n) is 9.95. The first kappa shape index (κ1) is 13.0. The van der Waals surface area contributed by atoms with E-state index in [-0.39, 0.29) is 12.2 Å². The summed E-state index contributed by atoms with van der Waals surface area (Å²) in [5.41, 5.74) is -0.298. The van der Waals surface area contributed by atoms with Gasteiger partial charge in [0.25, 0.3) is 0 Å². The van der Waals surface area contributed by atoms with Crippen LogP contribution in [0, 0.1) is 0 Å². The van der Waals surface area contributed by atoms with Crippen molar-refractivity contribution >= 4 is 11.9 Å². The second-order valence-electron chi connectivity index (χ2n) is 4.44. The van der Waals surface area contributed by atoms with Gasteiger partial charge in [-0.05, 0) is 33.1 Å². The molecule has 1 atom stereocenters. The number of hydrogen-bond donors (Lipinski definition) is 0. The molecule has 0 aromatic carbocycles. The molecule has 1 fully saturated rings. The fourth-order valence-electron chi connectivity index (χ4n) is 1.66. The van der Waals surface area contributed by atoms with E-state index in [9.17, 15) is 9.59 Å². The normalized spacial score (nSPS) is 23.6. The van der Waals surface area contributed by atoms with Crippen molar-refractivity contribution in [2.75, 3.05) is 13.7 Å². The molecule has 0 aromatic heterocycles. The minimum absolute atomic E-state index is 0.298. The van der Waals surface area contributed by atoms with E-state index in [0.717, 1.165) is 12.8 Å². The Morgan fingerprint density at radius 3 is 2.69 bits per heavy atom. The lowest BCUT2D eigenvalue weighted by Crippen LogP contribution is -2.40. The third-order valence-electron chi connectivity index (χ3n) is 2.53. The van der Waals surface area contributed by atoms with Crippen LogP contribution in [0.1, 0.15) is 33.1 Å². The van der Waals surface area contributed by atoms with E-state index >= 15 is 0 Å². The van der Waals surface area contributed by atoms with Crippen LogP contribution in [-0.2, 0) is 23.8 Å². The molecule has 0 aromatic rings. The molecule has 0 N–H and O–H groups in total. The Kier molecular flexibility index (Phi) is 4.29. The van der Waals surface area contributed by atoms with E-state index in [4.69, 9.17) is 9.47 Å². The van der Waals surface area contributed by atoms with Gasteiger partial charge >= 0.3 is 11.9 Å². The van der Waals surface area contributed by atoms with E-state index in [1.165, 1.54) is 7.11 Å². The van der Waals surface area contributed by atoms with Gasteiger partial charge in [0.15, 0.2) is 12.7 Å². The molecule has 5 heteroatoms. The van der Waals surface area contributed by atoms with Gasteiger partial charge in [0.1, 0.15) is 0 Å². The van der Waals surface area contributed by atoms with Gasteiger partial charge in [-0.3, -0.25) is 0 Å². The maximum atomic E-state index is 11.6. The van der Waals surface area contributed by atoms with Crippen LogP contribution in [-0.4, -0.2) is 37.4 Å². The average Bonchev–Trinajstić information content (AvgIpc) is 2.23. The Morgan fingerprint density at radius 1 is 1.44 bits per heavy atom. The maximum absolute atomic E-state index is 11.6. The molecule has 0 amide bonds. The van der Waals surface area contributed by atoms with Crippen molar-refractivity contribution in [3.05, 3.63) is 0 Å². The second kappa shape index (κ2) is 5.30. The van der Waals surface area contributed by atoms with Crippen molar-refractivity contribution in [1.82, 2.24) is 0 Å². The quantitative estimate of drug-likeness (QED) is 0.678. The van der Waals surface area contributed by atoms with Crippen molar-refractivity contribution in [2.45, 2.75) is 44.8 Å². The summed E-state index contributed by atoms with van der Waals surface area (Å²) in [6.45, 7) is 3.52. The number of carbonyl (C=O) groups excluding carboxylic acids is 2. The van der Waals surface area contributed by atoms with Gasteiger partial charge in [-0.25, -0.2) is 9.59 Å². The molecule has 0 saturated carbocycles. The summed E-state index contributed by atoms with van der Waals surface area (Å²) < 4.78 is 14.7. The average molecular weight is 230 g/mol. The van der Waals surface area contributed by atoms with Crippen molar-refractivity contribution in [3.8, 4) is 0 Å². The molecule has 1 unspecified atom stereocenters. The summed E-state index contributed by atoms with van der Waals surface area (Å²) in [5, 5.41) is 0. The minimum Gasteiger partial charge on any atom is -0.466 e. The molecule has 0 aliphatic carbocycles. The van der Waals surface area contributed by atoms with E-state index in [1.807, 2.05) is 13.8 Å². The predicted octanol–water partition coefficient (Wildman–Crippen LogP) is 1.05. The number of esters is 2. The Bertz CT molecular complexity index is 272. The van der Waals surface area contributed by atoms with Crippen LogP contribution >= 0.6 is 0 Å². The predicted molar refractivity (Wildman–Crippen MR) is 55.8 cm³/mol. The minimum atomic E-state index is -0.566. The first-order valence-corrected chi connectivity index (χ1v) is 5.36. The number of carbonyl (C=O) groups is 2. The number of methoxy groups -OCH3 is 1. The zero-order chi connectivity index (χ0) is 12.2.